The molecule has 1 amide bonds. The third-order valence-electron chi connectivity index (χ3n) is 5.51. The van der Waals surface area contributed by atoms with Gasteiger partial charge >= 0.3 is 0 Å². The highest BCUT2D eigenvalue weighted by Crippen LogP contribution is 2.27. The van der Waals surface area contributed by atoms with E-state index in [1.165, 1.54) is 25.7 Å². The van der Waals surface area contributed by atoms with E-state index >= 15 is 0 Å². The van der Waals surface area contributed by atoms with Crippen molar-refractivity contribution in [1.29, 1.82) is 0 Å². The predicted molar refractivity (Wildman–Crippen MR) is 91.0 cm³/mol. The average Bonchev–Trinajstić information content (AvgIpc) is 3.18. The molecule has 0 bridgehead atoms. The highest BCUT2D eigenvalue weighted by atomic mass is 16.2. The Bertz CT molecular complexity index is 491. The van der Waals surface area contributed by atoms with Crippen LogP contribution in [0.25, 0.3) is 0 Å². The van der Waals surface area contributed by atoms with Crippen molar-refractivity contribution in [3.05, 3.63) is 18.7 Å². The van der Waals surface area contributed by atoms with Crippen molar-refractivity contribution in [1.82, 2.24) is 19.4 Å². The first-order valence-corrected chi connectivity index (χ1v) is 9.15. The van der Waals surface area contributed by atoms with Crippen LogP contribution in [-0.2, 0) is 11.3 Å². The van der Waals surface area contributed by atoms with Gasteiger partial charge in [-0.3, -0.25) is 9.69 Å². The summed E-state index contributed by atoms with van der Waals surface area (Å²) in [5, 5.41) is 0. The fourth-order valence-corrected chi connectivity index (χ4v) is 4.07. The van der Waals surface area contributed by atoms with Crippen LogP contribution >= 0.6 is 0 Å². The molecular weight excluding hydrogens is 288 g/mol. The van der Waals surface area contributed by atoms with E-state index in [4.69, 9.17) is 0 Å². The Kier molecular flexibility index (Phi) is 5.36. The number of carbonyl (C=O) groups is 1. The third-order valence-corrected chi connectivity index (χ3v) is 5.51. The van der Waals surface area contributed by atoms with Crippen LogP contribution in [0.3, 0.4) is 0 Å². The van der Waals surface area contributed by atoms with Crippen molar-refractivity contribution in [3.63, 3.8) is 0 Å². The number of likely N-dealkylation sites (tertiary alicyclic amines) is 2. The van der Waals surface area contributed by atoms with Crippen molar-refractivity contribution in [3.8, 4) is 0 Å². The topological polar surface area (TPSA) is 41.4 Å². The molecule has 1 atom stereocenters. The minimum atomic E-state index is 0.157. The molecular formula is C18H30N4O. The van der Waals surface area contributed by atoms with Crippen LogP contribution in [-0.4, -0.2) is 57.0 Å². The quantitative estimate of drug-likeness (QED) is 0.809. The van der Waals surface area contributed by atoms with Gasteiger partial charge in [0.15, 0.2) is 0 Å². The first-order chi connectivity index (χ1) is 11.1. The number of carbonyl (C=O) groups excluding carboxylic acids is 1. The lowest BCUT2D eigenvalue weighted by Crippen LogP contribution is -2.46. The zero-order valence-corrected chi connectivity index (χ0v) is 14.5. The minimum Gasteiger partial charge on any atom is -0.339 e. The highest BCUT2D eigenvalue weighted by Gasteiger charge is 2.38. The van der Waals surface area contributed by atoms with Gasteiger partial charge in [-0.2, -0.15) is 0 Å². The second-order valence-corrected chi connectivity index (χ2v) is 7.35. The summed E-state index contributed by atoms with van der Waals surface area (Å²) in [6.07, 6.45) is 11.8. The fourth-order valence-electron chi connectivity index (χ4n) is 4.07. The summed E-state index contributed by atoms with van der Waals surface area (Å²) in [5.41, 5.74) is 0. The molecule has 0 unspecified atom stereocenters. The van der Waals surface area contributed by atoms with Gasteiger partial charge < -0.3 is 9.47 Å². The van der Waals surface area contributed by atoms with Crippen molar-refractivity contribution in [2.24, 2.45) is 5.92 Å². The number of hydrogen-bond acceptors (Lipinski definition) is 3. The van der Waals surface area contributed by atoms with E-state index in [1.54, 1.807) is 0 Å². The Hall–Kier alpha value is -1.36. The second-order valence-electron chi connectivity index (χ2n) is 7.35. The van der Waals surface area contributed by atoms with Crippen molar-refractivity contribution >= 4 is 5.91 Å². The van der Waals surface area contributed by atoms with Crippen LogP contribution in [0.1, 0.15) is 46.0 Å². The summed E-state index contributed by atoms with van der Waals surface area (Å²) in [6.45, 7) is 8.44. The molecule has 0 aromatic carbocycles. The molecule has 0 spiro atoms. The Labute approximate surface area is 139 Å². The van der Waals surface area contributed by atoms with Gasteiger partial charge in [0.25, 0.3) is 0 Å². The molecule has 0 radical (unpaired) electrons. The molecule has 3 heterocycles. The summed E-state index contributed by atoms with van der Waals surface area (Å²) < 4.78 is 2.16. The van der Waals surface area contributed by atoms with Gasteiger partial charge in [0.1, 0.15) is 0 Å². The van der Waals surface area contributed by atoms with Gasteiger partial charge in [-0.15, -0.1) is 0 Å². The summed E-state index contributed by atoms with van der Waals surface area (Å²) >= 11 is 0. The second kappa shape index (κ2) is 7.47. The van der Waals surface area contributed by atoms with Crippen LogP contribution in [0, 0.1) is 5.92 Å². The Morgan fingerprint density at radius 3 is 2.61 bits per heavy atom. The molecule has 0 N–H and O–H groups in total. The van der Waals surface area contributed by atoms with Crippen LogP contribution in [0.2, 0.25) is 0 Å². The first kappa shape index (κ1) is 16.5. The molecule has 23 heavy (non-hydrogen) atoms. The van der Waals surface area contributed by atoms with Crippen LogP contribution in [0.4, 0.5) is 0 Å². The Morgan fingerprint density at radius 1 is 1.22 bits per heavy atom. The highest BCUT2D eigenvalue weighted by molar-refractivity contribution is 5.84. The Balaban J connectivity index is 1.39. The predicted octanol–water partition coefficient (Wildman–Crippen LogP) is 2.38. The smallest absolute Gasteiger partial charge is 0.240 e. The maximum Gasteiger partial charge on any atom is 0.240 e. The molecule has 2 saturated heterocycles. The summed E-state index contributed by atoms with van der Waals surface area (Å²) in [5.74, 6) is 1.19. The first-order valence-electron chi connectivity index (χ1n) is 9.15. The van der Waals surface area contributed by atoms with Gasteiger partial charge in [-0.1, -0.05) is 0 Å². The van der Waals surface area contributed by atoms with Crippen LogP contribution in [0.5, 0.6) is 0 Å². The van der Waals surface area contributed by atoms with Gasteiger partial charge in [-0.05, 0) is 65.0 Å². The number of rotatable bonds is 6. The molecule has 1 aromatic rings. The number of imidazole rings is 1. The van der Waals surface area contributed by atoms with E-state index in [-0.39, 0.29) is 6.04 Å². The minimum absolute atomic E-state index is 0.157. The molecule has 2 aliphatic heterocycles. The molecule has 2 aliphatic rings. The molecule has 0 saturated carbocycles. The number of piperidine rings is 1. The number of hydrogen-bond donors (Lipinski definition) is 0. The molecule has 128 valence electrons. The SMILES string of the molecule is CC(C)N1CC[C@H](N2CCC(CCCn3ccnc3)CC2)C1=O. The number of aromatic nitrogens is 2. The summed E-state index contributed by atoms with van der Waals surface area (Å²) in [4.78, 5) is 21.1. The molecule has 2 fully saturated rings. The summed E-state index contributed by atoms with van der Waals surface area (Å²) in [7, 11) is 0. The van der Waals surface area contributed by atoms with E-state index in [0.717, 1.165) is 38.5 Å². The van der Waals surface area contributed by atoms with Gasteiger partial charge in [0, 0.05) is 31.5 Å². The van der Waals surface area contributed by atoms with E-state index in [0.29, 0.717) is 11.9 Å². The zero-order valence-electron chi connectivity index (χ0n) is 14.5. The summed E-state index contributed by atoms with van der Waals surface area (Å²) in [6, 6.07) is 0.498. The maximum atomic E-state index is 12.5. The monoisotopic (exact) mass is 318 g/mol. The molecule has 5 nitrogen and oxygen atoms in total. The molecule has 0 aliphatic carbocycles. The number of amides is 1. The lowest BCUT2D eigenvalue weighted by atomic mass is 9.91. The van der Waals surface area contributed by atoms with Crippen LogP contribution < -0.4 is 0 Å². The lowest BCUT2D eigenvalue weighted by Gasteiger charge is -2.35. The largest absolute Gasteiger partial charge is 0.339 e. The molecule has 5 heteroatoms. The average molecular weight is 318 g/mol. The Morgan fingerprint density at radius 2 is 2.00 bits per heavy atom. The van der Waals surface area contributed by atoms with Crippen molar-refractivity contribution < 1.29 is 4.79 Å². The van der Waals surface area contributed by atoms with Gasteiger partial charge in [0.2, 0.25) is 5.91 Å². The normalized spacial score (nSPS) is 24.0. The van der Waals surface area contributed by atoms with Crippen LogP contribution in [0.15, 0.2) is 18.7 Å². The molecule has 3 rings (SSSR count). The van der Waals surface area contributed by atoms with Crippen molar-refractivity contribution in [2.75, 3.05) is 19.6 Å². The van der Waals surface area contributed by atoms with E-state index in [9.17, 15) is 4.79 Å². The van der Waals surface area contributed by atoms with E-state index in [2.05, 4.69) is 28.3 Å². The van der Waals surface area contributed by atoms with Gasteiger partial charge in [-0.25, -0.2) is 4.98 Å². The van der Waals surface area contributed by atoms with Crippen molar-refractivity contribution in [2.45, 2.75) is 64.6 Å². The zero-order chi connectivity index (χ0) is 16.2. The third kappa shape index (κ3) is 3.94. The van der Waals surface area contributed by atoms with E-state index < -0.39 is 0 Å². The maximum absolute atomic E-state index is 12.5. The van der Waals surface area contributed by atoms with Gasteiger partial charge in [0.05, 0.1) is 12.4 Å². The van der Waals surface area contributed by atoms with E-state index in [1.807, 2.05) is 23.6 Å². The lowest BCUT2D eigenvalue weighted by molar-refractivity contribution is -0.134. The number of aryl methyl sites for hydroxylation is 1. The fraction of sp³-hybridized carbons (Fsp3) is 0.778. The standard InChI is InChI=1S/C18H30N4O/c1-15(2)22-12-7-17(18(22)23)21-10-5-16(6-11-21)4-3-9-20-13-8-19-14-20/h8,13-17H,3-7,9-12H2,1-2H3/t17-/m0/s1. The molecule has 1 aromatic heterocycles. The number of nitrogens with zero attached hydrogens (tertiary/aromatic N) is 4.